The molecule has 2 aromatic carbocycles. The molecule has 0 aliphatic heterocycles. The second kappa shape index (κ2) is 5.57. The third-order valence-electron chi connectivity index (χ3n) is 4.47. The lowest BCUT2D eigenvalue weighted by Crippen LogP contribution is -2.32. The van der Waals surface area contributed by atoms with Gasteiger partial charge in [0.15, 0.2) is 0 Å². The molecule has 104 valence electrons. The van der Waals surface area contributed by atoms with Crippen LogP contribution < -0.4 is 0 Å². The van der Waals surface area contributed by atoms with Crippen molar-refractivity contribution in [2.75, 3.05) is 0 Å². The van der Waals surface area contributed by atoms with Gasteiger partial charge in [-0.25, -0.2) is 4.39 Å². The van der Waals surface area contributed by atoms with Crippen LogP contribution in [0.3, 0.4) is 0 Å². The van der Waals surface area contributed by atoms with Crippen LogP contribution in [0.5, 0.6) is 0 Å². The molecule has 20 heavy (non-hydrogen) atoms. The summed E-state index contributed by atoms with van der Waals surface area (Å²) in [7, 11) is 0. The summed E-state index contributed by atoms with van der Waals surface area (Å²) < 4.78 is 14.5. The highest BCUT2D eigenvalue weighted by molar-refractivity contribution is 6.31. The van der Waals surface area contributed by atoms with E-state index in [-0.39, 0.29) is 11.2 Å². The fourth-order valence-electron chi connectivity index (χ4n) is 3.55. The Hall–Kier alpha value is -1.34. The summed E-state index contributed by atoms with van der Waals surface area (Å²) in [6.07, 6.45) is 5.41. The SMILES string of the molecule is Fc1cccc(Cl)c1C1(c2ccccc2)CCCCC1. The van der Waals surface area contributed by atoms with Crippen molar-refractivity contribution in [2.24, 2.45) is 0 Å². The molecule has 2 heteroatoms. The summed E-state index contributed by atoms with van der Waals surface area (Å²) >= 11 is 6.36. The molecule has 1 fully saturated rings. The topological polar surface area (TPSA) is 0 Å². The molecule has 0 amide bonds. The first-order valence-electron chi connectivity index (χ1n) is 7.24. The first kappa shape index (κ1) is 13.6. The smallest absolute Gasteiger partial charge is 0.128 e. The maximum absolute atomic E-state index is 14.5. The summed E-state index contributed by atoms with van der Waals surface area (Å²) in [4.78, 5) is 0. The van der Waals surface area contributed by atoms with E-state index in [4.69, 9.17) is 11.6 Å². The number of halogens is 2. The summed E-state index contributed by atoms with van der Waals surface area (Å²) in [5, 5.41) is 0.552. The Morgan fingerprint density at radius 2 is 1.55 bits per heavy atom. The van der Waals surface area contributed by atoms with Gasteiger partial charge < -0.3 is 0 Å². The zero-order valence-electron chi connectivity index (χ0n) is 11.4. The molecule has 0 saturated heterocycles. The monoisotopic (exact) mass is 288 g/mol. The van der Waals surface area contributed by atoms with Crippen LogP contribution in [0.1, 0.15) is 43.2 Å². The molecule has 3 rings (SSSR count). The van der Waals surface area contributed by atoms with Gasteiger partial charge in [0.1, 0.15) is 5.82 Å². The largest absolute Gasteiger partial charge is 0.207 e. The average Bonchev–Trinajstić information content (AvgIpc) is 2.49. The fraction of sp³-hybridized carbons (Fsp3) is 0.333. The summed E-state index contributed by atoms with van der Waals surface area (Å²) in [6.45, 7) is 0. The maximum Gasteiger partial charge on any atom is 0.128 e. The van der Waals surface area contributed by atoms with E-state index in [1.165, 1.54) is 18.1 Å². The van der Waals surface area contributed by atoms with Crippen LogP contribution in [-0.2, 0) is 5.41 Å². The first-order chi connectivity index (χ1) is 9.74. The molecule has 0 N–H and O–H groups in total. The lowest BCUT2D eigenvalue weighted by atomic mass is 9.65. The van der Waals surface area contributed by atoms with Crippen LogP contribution in [0, 0.1) is 5.82 Å². The van der Waals surface area contributed by atoms with E-state index in [1.54, 1.807) is 12.1 Å². The van der Waals surface area contributed by atoms with Crippen molar-refractivity contribution < 1.29 is 4.39 Å². The van der Waals surface area contributed by atoms with Crippen molar-refractivity contribution in [1.82, 2.24) is 0 Å². The number of hydrogen-bond acceptors (Lipinski definition) is 0. The molecule has 0 atom stereocenters. The Morgan fingerprint density at radius 3 is 2.20 bits per heavy atom. The van der Waals surface area contributed by atoms with Crippen molar-refractivity contribution in [1.29, 1.82) is 0 Å². The zero-order chi connectivity index (χ0) is 14.0. The van der Waals surface area contributed by atoms with Crippen molar-refractivity contribution in [3.63, 3.8) is 0 Å². The molecule has 0 spiro atoms. The van der Waals surface area contributed by atoms with E-state index in [1.807, 2.05) is 18.2 Å². The van der Waals surface area contributed by atoms with Gasteiger partial charge in [0.2, 0.25) is 0 Å². The standard InChI is InChI=1S/C18H18ClF/c19-15-10-7-11-16(20)17(15)18(12-5-2-6-13-18)14-8-3-1-4-9-14/h1,3-4,7-11H,2,5-6,12-13H2. The lowest BCUT2D eigenvalue weighted by Gasteiger charge is -2.39. The minimum absolute atomic E-state index is 0.178. The van der Waals surface area contributed by atoms with E-state index in [9.17, 15) is 4.39 Å². The summed E-state index contributed by atoms with van der Waals surface area (Å²) in [5.74, 6) is -0.178. The molecule has 1 aliphatic carbocycles. The minimum atomic E-state index is -0.262. The number of benzene rings is 2. The van der Waals surface area contributed by atoms with Crippen molar-refractivity contribution in [3.8, 4) is 0 Å². The van der Waals surface area contributed by atoms with E-state index < -0.39 is 0 Å². The highest BCUT2D eigenvalue weighted by atomic mass is 35.5. The molecule has 1 saturated carbocycles. The second-order valence-corrected chi connectivity index (χ2v) is 6.01. The number of hydrogen-bond donors (Lipinski definition) is 0. The minimum Gasteiger partial charge on any atom is -0.207 e. The predicted molar refractivity (Wildman–Crippen MR) is 81.7 cm³/mol. The van der Waals surface area contributed by atoms with Crippen LogP contribution in [0.15, 0.2) is 48.5 Å². The summed E-state index contributed by atoms with van der Waals surface area (Å²) in [6, 6.07) is 15.3. The number of rotatable bonds is 2. The van der Waals surface area contributed by atoms with Gasteiger partial charge in [0.05, 0.1) is 0 Å². The van der Waals surface area contributed by atoms with Gasteiger partial charge in [-0.05, 0) is 30.5 Å². The molecule has 0 aromatic heterocycles. The Morgan fingerprint density at radius 1 is 0.850 bits per heavy atom. The van der Waals surface area contributed by atoms with Crippen molar-refractivity contribution >= 4 is 11.6 Å². The van der Waals surface area contributed by atoms with Crippen molar-refractivity contribution in [3.05, 3.63) is 70.5 Å². The molecule has 0 radical (unpaired) electrons. The van der Waals surface area contributed by atoms with E-state index in [0.717, 1.165) is 25.7 Å². The molecule has 1 aliphatic rings. The van der Waals surface area contributed by atoms with Gasteiger partial charge in [-0.1, -0.05) is 67.3 Å². The highest BCUT2D eigenvalue weighted by Crippen LogP contribution is 2.47. The van der Waals surface area contributed by atoms with E-state index in [2.05, 4.69) is 12.1 Å². The Balaban J connectivity index is 2.21. The van der Waals surface area contributed by atoms with E-state index in [0.29, 0.717) is 10.6 Å². The van der Waals surface area contributed by atoms with Gasteiger partial charge in [-0.2, -0.15) is 0 Å². The van der Waals surface area contributed by atoms with Crippen LogP contribution in [0.4, 0.5) is 4.39 Å². The van der Waals surface area contributed by atoms with Crippen LogP contribution in [-0.4, -0.2) is 0 Å². The maximum atomic E-state index is 14.5. The highest BCUT2D eigenvalue weighted by Gasteiger charge is 2.39. The van der Waals surface area contributed by atoms with Gasteiger partial charge in [-0.3, -0.25) is 0 Å². The molecular weight excluding hydrogens is 271 g/mol. The fourth-order valence-corrected chi connectivity index (χ4v) is 3.89. The lowest BCUT2D eigenvalue weighted by molar-refractivity contribution is 0.335. The Labute approximate surface area is 124 Å². The second-order valence-electron chi connectivity index (χ2n) is 5.61. The van der Waals surface area contributed by atoms with E-state index >= 15 is 0 Å². The molecule has 2 aromatic rings. The van der Waals surface area contributed by atoms with Crippen molar-refractivity contribution in [2.45, 2.75) is 37.5 Å². The third-order valence-corrected chi connectivity index (χ3v) is 4.79. The molecule has 0 heterocycles. The molecular formula is C18H18ClF. The molecule has 0 bridgehead atoms. The zero-order valence-corrected chi connectivity index (χ0v) is 12.2. The predicted octanol–water partition coefficient (Wildman–Crippen LogP) is 5.73. The normalized spacial score (nSPS) is 17.9. The summed E-state index contributed by atoms with van der Waals surface area (Å²) in [5.41, 5.74) is 1.61. The van der Waals surface area contributed by atoms with Crippen LogP contribution in [0.25, 0.3) is 0 Å². The molecule has 0 nitrogen and oxygen atoms in total. The van der Waals surface area contributed by atoms with Crippen LogP contribution in [0.2, 0.25) is 5.02 Å². The molecule has 0 unspecified atom stereocenters. The third kappa shape index (κ3) is 2.25. The Kier molecular flexibility index (Phi) is 3.80. The van der Waals surface area contributed by atoms with Gasteiger partial charge in [-0.15, -0.1) is 0 Å². The van der Waals surface area contributed by atoms with Gasteiger partial charge >= 0.3 is 0 Å². The average molecular weight is 289 g/mol. The van der Waals surface area contributed by atoms with Gasteiger partial charge in [0.25, 0.3) is 0 Å². The quantitative estimate of drug-likeness (QED) is 0.662. The van der Waals surface area contributed by atoms with Gasteiger partial charge in [0, 0.05) is 16.0 Å². The first-order valence-corrected chi connectivity index (χ1v) is 7.62. The Bertz CT molecular complexity index is 565. The van der Waals surface area contributed by atoms with Crippen LogP contribution >= 0.6 is 11.6 Å².